The Kier molecular flexibility index (Phi) is 18.0. The Morgan fingerprint density at radius 2 is 1.64 bits per heavy atom. The minimum atomic E-state index is 0.250. The standard InChI is InChI=1S/C10H22O.C2H6O/c1-4-11-9-7-5-6-8-10(2)3;1-2-3/h10H,4-9H2,1-3H3;3H,2H2,1H3. The molecule has 0 saturated carbocycles. The summed E-state index contributed by atoms with van der Waals surface area (Å²) >= 11 is 0. The molecule has 0 heterocycles. The normalized spacial score (nSPS) is 9.86. The number of aliphatic hydroxyl groups is 1. The first-order valence-electron chi connectivity index (χ1n) is 5.87. The number of unbranched alkanes of at least 4 members (excludes halogenated alkanes) is 2. The average Bonchev–Trinajstić information content (AvgIpc) is 2.12. The van der Waals surface area contributed by atoms with E-state index in [9.17, 15) is 0 Å². The molecule has 0 bridgehead atoms. The lowest BCUT2D eigenvalue weighted by molar-refractivity contribution is 0.142. The van der Waals surface area contributed by atoms with E-state index in [1.54, 1.807) is 6.92 Å². The molecule has 0 atom stereocenters. The summed E-state index contributed by atoms with van der Waals surface area (Å²) in [7, 11) is 0. The van der Waals surface area contributed by atoms with E-state index in [1.807, 2.05) is 6.92 Å². The molecule has 0 aromatic carbocycles. The van der Waals surface area contributed by atoms with Gasteiger partial charge in [-0.2, -0.15) is 0 Å². The van der Waals surface area contributed by atoms with Gasteiger partial charge >= 0.3 is 0 Å². The van der Waals surface area contributed by atoms with Crippen molar-refractivity contribution in [1.82, 2.24) is 0 Å². The van der Waals surface area contributed by atoms with E-state index in [0.717, 1.165) is 19.1 Å². The average molecular weight is 204 g/mol. The maximum atomic E-state index is 7.57. The third-order valence-corrected chi connectivity index (χ3v) is 1.77. The number of rotatable bonds is 7. The Bertz CT molecular complexity index is 82.4. The van der Waals surface area contributed by atoms with E-state index < -0.39 is 0 Å². The zero-order chi connectivity index (χ0) is 11.2. The smallest absolute Gasteiger partial charge is 0.0465 e. The van der Waals surface area contributed by atoms with Crippen LogP contribution in [0.2, 0.25) is 0 Å². The molecule has 0 saturated heterocycles. The third kappa shape index (κ3) is 22.7. The molecule has 0 spiro atoms. The van der Waals surface area contributed by atoms with Gasteiger partial charge in [0.2, 0.25) is 0 Å². The van der Waals surface area contributed by atoms with Crippen LogP contribution >= 0.6 is 0 Å². The summed E-state index contributed by atoms with van der Waals surface area (Å²) in [6, 6.07) is 0. The van der Waals surface area contributed by atoms with Crippen molar-refractivity contribution in [3.63, 3.8) is 0 Å². The van der Waals surface area contributed by atoms with Crippen LogP contribution in [0.5, 0.6) is 0 Å². The van der Waals surface area contributed by atoms with Crippen molar-refractivity contribution < 1.29 is 9.84 Å². The molecule has 0 rings (SSSR count). The number of aliphatic hydroxyl groups excluding tert-OH is 1. The van der Waals surface area contributed by atoms with Crippen molar-refractivity contribution >= 4 is 0 Å². The van der Waals surface area contributed by atoms with E-state index in [0.29, 0.717) is 0 Å². The number of hydrogen-bond donors (Lipinski definition) is 1. The van der Waals surface area contributed by atoms with Crippen LogP contribution in [0.15, 0.2) is 0 Å². The van der Waals surface area contributed by atoms with Crippen LogP contribution in [0.4, 0.5) is 0 Å². The Balaban J connectivity index is 0. The highest BCUT2D eigenvalue weighted by atomic mass is 16.5. The summed E-state index contributed by atoms with van der Waals surface area (Å²) in [6.45, 7) is 10.4. The van der Waals surface area contributed by atoms with E-state index >= 15 is 0 Å². The van der Waals surface area contributed by atoms with Gasteiger partial charge in [-0.3, -0.25) is 0 Å². The minimum absolute atomic E-state index is 0.250. The largest absolute Gasteiger partial charge is 0.397 e. The molecule has 2 heteroatoms. The highest BCUT2D eigenvalue weighted by Crippen LogP contribution is 2.07. The highest BCUT2D eigenvalue weighted by molar-refractivity contribution is 4.46. The molecular weight excluding hydrogens is 176 g/mol. The van der Waals surface area contributed by atoms with Crippen LogP contribution in [0.1, 0.15) is 53.4 Å². The second-order valence-corrected chi connectivity index (χ2v) is 3.76. The molecule has 0 aliphatic heterocycles. The lowest BCUT2D eigenvalue weighted by Crippen LogP contribution is -1.94. The monoisotopic (exact) mass is 204 g/mol. The van der Waals surface area contributed by atoms with Gasteiger partial charge in [0.15, 0.2) is 0 Å². The zero-order valence-electron chi connectivity index (χ0n) is 10.4. The quantitative estimate of drug-likeness (QED) is 0.645. The van der Waals surface area contributed by atoms with Gasteiger partial charge in [0.25, 0.3) is 0 Å². The lowest BCUT2D eigenvalue weighted by atomic mass is 10.1. The number of ether oxygens (including phenoxy) is 1. The van der Waals surface area contributed by atoms with Gasteiger partial charge in [0.05, 0.1) is 0 Å². The van der Waals surface area contributed by atoms with Gasteiger partial charge < -0.3 is 9.84 Å². The van der Waals surface area contributed by atoms with Gasteiger partial charge in [-0.1, -0.05) is 33.1 Å². The topological polar surface area (TPSA) is 29.5 Å². The predicted octanol–water partition coefficient (Wildman–Crippen LogP) is 3.24. The molecule has 0 aromatic rings. The second-order valence-electron chi connectivity index (χ2n) is 3.76. The van der Waals surface area contributed by atoms with Crippen LogP contribution in [0.3, 0.4) is 0 Å². The molecule has 0 amide bonds. The molecule has 0 aliphatic carbocycles. The summed E-state index contributed by atoms with van der Waals surface area (Å²) < 4.78 is 5.24. The SMILES string of the molecule is CCO.CCOCCCCCC(C)C. The molecule has 88 valence electrons. The Hall–Kier alpha value is -0.0800. The van der Waals surface area contributed by atoms with E-state index in [1.165, 1.54) is 25.7 Å². The molecule has 0 fully saturated rings. The Morgan fingerprint density at radius 3 is 2.07 bits per heavy atom. The first-order valence-corrected chi connectivity index (χ1v) is 5.87. The van der Waals surface area contributed by atoms with Crippen LogP contribution in [0.25, 0.3) is 0 Å². The molecule has 2 nitrogen and oxygen atoms in total. The molecule has 0 aromatic heterocycles. The van der Waals surface area contributed by atoms with Gasteiger partial charge in [0.1, 0.15) is 0 Å². The maximum absolute atomic E-state index is 7.57. The molecule has 1 N–H and O–H groups in total. The van der Waals surface area contributed by atoms with Gasteiger partial charge in [-0.05, 0) is 26.2 Å². The fraction of sp³-hybridized carbons (Fsp3) is 1.00. The van der Waals surface area contributed by atoms with Crippen LogP contribution < -0.4 is 0 Å². The molecular formula is C12H28O2. The Morgan fingerprint density at radius 1 is 1.07 bits per heavy atom. The van der Waals surface area contributed by atoms with E-state index in [2.05, 4.69) is 13.8 Å². The lowest BCUT2D eigenvalue weighted by Gasteiger charge is -2.03. The summed E-state index contributed by atoms with van der Waals surface area (Å²) in [5.41, 5.74) is 0. The Labute approximate surface area is 89.7 Å². The fourth-order valence-electron chi connectivity index (χ4n) is 1.08. The molecule has 0 radical (unpaired) electrons. The van der Waals surface area contributed by atoms with Crippen LogP contribution in [-0.4, -0.2) is 24.9 Å². The minimum Gasteiger partial charge on any atom is -0.397 e. The van der Waals surface area contributed by atoms with Crippen LogP contribution in [0, 0.1) is 5.92 Å². The fourth-order valence-corrected chi connectivity index (χ4v) is 1.08. The van der Waals surface area contributed by atoms with E-state index in [-0.39, 0.29) is 6.61 Å². The first kappa shape index (κ1) is 16.4. The summed E-state index contributed by atoms with van der Waals surface area (Å²) in [5, 5.41) is 7.57. The highest BCUT2D eigenvalue weighted by Gasteiger charge is 1.93. The van der Waals surface area contributed by atoms with Crippen molar-refractivity contribution in [3.8, 4) is 0 Å². The van der Waals surface area contributed by atoms with Gasteiger partial charge in [0, 0.05) is 19.8 Å². The van der Waals surface area contributed by atoms with Crippen molar-refractivity contribution in [2.45, 2.75) is 53.4 Å². The first-order chi connectivity index (χ1) is 6.68. The van der Waals surface area contributed by atoms with Gasteiger partial charge in [-0.15, -0.1) is 0 Å². The molecule has 0 unspecified atom stereocenters. The van der Waals surface area contributed by atoms with Crippen molar-refractivity contribution in [3.05, 3.63) is 0 Å². The van der Waals surface area contributed by atoms with Gasteiger partial charge in [-0.25, -0.2) is 0 Å². The molecule has 0 aliphatic rings. The third-order valence-electron chi connectivity index (χ3n) is 1.77. The zero-order valence-corrected chi connectivity index (χ0v) is 10.4. The maximum Gasteiger partial charge on any atom is 0.0465 e. The van der Waals surface area contributed by atoms with Crippen molar-refractivity contribution in [2.24, 2.45) is 5.92 Å². The summed E-state index contributed by atoms with van der Waals surface area (Å²) in [4.78, 5) is 0. The van der Waals surface area contributed by atoms with Crippen molar-refractivity contribution in [2.75, 3.05) is 19.8 Å². The summed E-state index contributed by atoms with van der Waals surface area (Å²) in [5.74, 6) is 0.863. The van der Waals surface area contributed by atoms with Crippen molar-refractivity contribution in [1.29, 1.82) is 0 Å². The summed E-state index contributed by atoms with van der Waals surface area (Å²) in [6.07, 6.45) is 5.30. The van der Waals surface area contributed by atoms with E-state index in [4.69, 9.17) is 9.84 Å². The number of hydrogen-bond acceptors (Lipinski definition) is 2. The van der Waals surface area contributed by atoms with Crippen LogP contribution in [-0.2, 0) is 4.74 Å². The second kappa shape index (κ2) is 15.4. The molecule has 14 heavy (non-hydrogen) atoms. The predicted molar refractivity (Wildman–Crippen MR) is 62.6 cm³/mol.